The molecule has 1 aromatic heterocycles. The van der Waals surface area contributed by atoms with Crippen LogP contribution in [0.15, 0.2) is 42.2 Å². The van der Waals surface area contributed by atoms with E-state index in [1.54, 1.807) is 13.1 Å². The van der Waals surface area contributed by atoms with Gasteiger partial charge in [-0.25, -0.2) is 4.90 Å². The number of aromatic nitrogens is 1. The highest BCUT2D eigenvalue weighted by Gasteiger charge is 2.46. The number of benzene rings is 1. The number of hydrogen-bond acceptors (Lipinski definition) is 4. The molecule has 26 heavy (non-hydrogen) atoms. The van der Waals surface area contributed by atoms with Crippen LogP contribution >= 0.6 is 0 Å². The summed E-state index contributed by atoms with van der Waals surface area (Å²) >= 11 is 0. The van der Waals surface area contributed by atoms with Crippen molar-refractivity contribution in [2.24, 2.45) is 0 Å². The maximum atomic E-state index is 13.0. The first-order chi connectivity index (χ1) is 12.4. The zero-order valence-corrected chi connectivity index (χ0v) is 14.8. The summed E-state index contributed by atoms with van der Waals surface area (Å²) in [7, 11) is 0. The molecule has 1 aliphatic rings. The molecule has 4 amide bonds. The van der Waals surface area contributed by atoms with Crippen molar-refractivity contribution < 1.29 is 19.2 Å². The van der Waals surface area contributed by atoms with Crippen LogP contribution in [0.2, 0.25) is 0 Å². The largest absolute Gasteiger partial charge is 0.361 e. The number of fused-ring (bicyclic) bond motifs is 1. The topological polar surface area (TPSA) is 90.6 Å². The number of aromatic amines is 1. The van der Waals surface area contributed by atoms with Gasteiger partial charge in [-0.15, -0.1) is 0 Å². The summed E-state index contributed by atoms with van der Waals surface area (Å²) in [6.07, 6.45) is 3.26. The molecule has 2 heterocycles. The Morgan fingerprint density at radius 2 is 1.85 bits per heavy atom. The smallest absolute Gasteiger partial charge is 0.278 e. The molecule has 0 aliphatic carbocycles. The number of nitrogens with one attached hydrogen (secondary N) is 1. The molecule has 7 heteroatoms. The Morgan fingerprint density at radius 3 is 2.46 bits per heavy atom. The maximum Gasteiger partial charge on any atom is 0.278 e. The summed E-state index contributed by atoms with van der Waals surface area (Å²) < 4.78 is 0. The molecule has 0 unspecified atom stereocenters. The summed E-state index contributed by atoms with van der Waals surface area (Å²) in [5.41, 5.74) is 1.60. The average molecular weight is 353 g/mol. The minimum absolute atomic E-state index is 0.0899. The number of hydrogen-bond donors (Lipinski definition) is 1. The molecular formula is C19H19N3O4. The number of piperazine rings is 1. The van der Waals surface area contributed by atoms with E-state index in [1.807, 2.05) is 24.3 Å². The van der Waals surface area contributed by atoms with Gasteiger partial charge in [-0.1, -0.05) is 24.3 Å². The van der Waals surface area contributed by atoms with Crippen molar-refractivity contribution in [3.05, 3.63) is 47.8 Å². The van der Waals surface area contributed by atoms with Crippen LogP contribution in [0.1, 0.15) is 26.3 Å². The maximum absolute atomic E-state index is 13.0. The van der Waals surface area contributed by atoms with Crippen LogP contribution in [0.25, 0.3) is 10.9 Å². The predicted octanol–water partition coefficient (Wildman–Crippen LogP) is 1.75. The van der Waals surface area contributed by atoms with E-state index in [-0.39, 0.29) is 12.1 Å². The number of nitrogens with zero attached hydrogens (tertiary/aromatic N) is 2. The molecule has 134 valence electrons. The Kier molecular flexibility index (Phi) is 4.46. The van der Waals surface area contributed by atoms with E-state index in [0.717, 1.165) is 26.3 Å². The Labute approximate surface area is 150 Å². The first kappa shape index (κ1) is 17.6. The molecule has 0 bridgehead atoms. The fourth-order valence-electron chi connectivity index (χ4n) is 3.37. The highest BCUT2D eigenvalue weighted by molar-refractivity contribution is 6.16. The van der Waals surface area contributed by atoms with Gasteiger partial charge in [0.05, 0.1) is 0 Å². The van der Waals surface area contributed by atoms with E-state index in [9.17, 15) is 19.2 Å². The van der Waals surface area contributed by atoms with Crippen LogP contribution in [0.5, 0.6) is 0 Å². The number of rotatable bonds is 2. The second-order valence-corrected chi connectivity index (χ2v) is 6.14. The second kappa shape index (κ2) is 6.59. The third-order valence-electron chi connectivity index (χ3n) is 4.51. The number of imide groups is 2. The number of H-pyrrole nitrogens is 1. The van der Waals surface area contributed by atoms with Gasteiger partial charge in [-0.2, -0.15) is 0 Å². The van der Waals surface area contributed by atoms with Crippen LogP contribution in [0.3, 0.4) is 0 Å². The van der Waals surface area contributed by atoms with Gasteiger partial charge in [0.15, 0.2) is 0 Å². The lowest BCUT2D eigenvalue weighted by atomic mass is 9.99. The van der Waals surface area contributed by atoms with Gasteiger partial charge in [0.2, 0.25) is 11.8 Å². The van der Waals surface area contributed by atoms with Crippen molar-refractivity contribution in [2.75, 3.05) is 0 Å². The summed E-state index contributed by atoms with van der Waals surface area (Å²) in [4.78, 5) is 54.7. The van der Waals surface area contributed by atoms with Crippen molar-refractivity contribution >= 4 is 34.5 Å². The van der Waals surface area contributed by atoms with Crippen LogP contribution in [-0.2, 0) is 25.6 Å². The first-order valence-corrected chi connectivity index (χ1v) is 8.26. The second-order valence-electron chi connectivity index (χ2n) is 6.14. The molecule has 1 saturated heterocycles. The lowest BCUT2D eigenvalue weighted by molar-refractivity contribution is -0.161. The van der Waals surface area contributed by atoms with Crippen molar-refractivity contribution in [2.45, 2.75) is 33.2 Å². The molecular weight excluding hydrogens is 334 g/mol. The first-order valence-electron chi connectivity index (χ1n) is 8.26. The van der Waals surface area contributed by atoms with Crippen molar-refractivity contribution in [3.63, 3.8) is 0 Å². The van der Waals surface area contributed by atoms with Crippen molar-refractivity contribution in [1.29, 1.82) is 0 Å². The lowest BCUT2D eigenvalue weighted by Crippen LogP contribution is -2.61. The van der Waals surface area contributed by atoms with E-state index < -0.39 is 29.7 Å². The minimum atomic E-state index is -1.06. The summed E-state index contributed by atoms with van der Waals surface area (Å²) in [5, 5.41) is 0.905. The zero-order chi connectivity index (χ0) is 19.0. The Bertz CT molecular complexity index is 957. The van der Waals surface area contributed by atoms with Gasteiger partial charge in [0.1, 0.15) is 11.7 Å². The van der Waals surface area contributed by atoms with Crippen molar-refractivity contribution in [3.8, 4) is 0 Å². The summed E-state index contributed by atoms with van der Waals surface area (Å²) in [6.45, 7) is 4.01. The molecule has 1 fully saturated rings. The Hall–Kier alpha value is -3.22. The molecule has 1 aromatic carbocycles. The van der Waals surface area contributed by atoms with Gasteiger partial charge in [-0.05, 0) is 18.6 Å². The summed E-state index contributed by atoms with van der Waals surface area (Å²) in [6, 6.07) is 6.49. The van der Waals surface area contributed by atoms with E-state index in [4.69, 9.17) is 0 Å². The Balaban J connectivity index is 2.07. The molecule has 1 N–H and O–H groups in total. The number of para-hydroxylation sites is 1. The highest BCUT2D eigenvalue weighted by atomic mass is 16.2. The quantitative estimate of drug-likeness (QED) is 0.833. The third-order valence-corrected chi connectivity index (χ3v) is 4.51. The van der Waals surface area contributed by atoms with Crippen molar-refractivity contribution in [1.82, 2.24) is 14.8 Å². The fourth-order valence-corrected chi connectivity index (χ4v) is 3.37. The third kappa shape index (κ3) is 2.71. The molecule has 0 radical (unpaired) electrons. The van der Waals surface area contributed by atoms with Crippen LogP contribution in [0, 0.1) is 0 Å². The molecule has 3 rings (SSSR count). The van der Waals surface area contributed by atoms with Gasteiger partial charge >= 0.3 is 0 Å². The molecule has 2 aromatic rings. The van der Waals surface area contributed by atoms with E-state index >= 15 is 0 Å². The van der Waals surface area contributed by atoms with Crippen LogP contribution in [0.4, 0.5) is 0 Å². The van der Waals surface area contributed by atoms with E-state index in [0.29, 0.717) is 0 Å². The van der Waals surface area contributed by atoms with E-state index in [1.165, 1.54) is 19.9 Å². The molecule has 0 saturated carbocycles. The number of allylic oxidation sites excluding steroid dienone is 1. The van der Waals surface area contributed by atoms with Gasteiger partial charge < -0.3 is 4.98 Å². The average Bonchev–Trinajstić information content (AvgIpc) is 3.00. The molecule has 1 atom stereocenters. The highest BCUT2D eigenvalue weighted by Crippen LogP contribution is 2.27. The number of amides is 4. The van der Waals surface area contributed by atoms with Crippen LogP contribution < -0.4 is 0 Å². The van der Waals surface area contributed by atoms with Crippen LogP contribution in [-0.4, -0.2) is 44.5 Å². The van der Waals surface area contributed by atoms with E-state index in [2.05, 4.69) is 4.98 Å². The van der Waals surface area contributed by atoms with Gasteiger partial charge in [-0.3, -0.25) is 24.1 Å². The predicted molar refractivity (Wildman–Crippen MR) is 94.6 cm³/mol. The number of carbonyl (C=O) groups excluding carboxylic acids is 4. The van der Waals surface area contributed by atoms with Gasteiger partial charge in [0.25, 0.3) is 11.8 Å². The lowest BCUT2D eigenvalue weighted by Gasteiger charge is -2.38. The minimum Gasteiger partial charge on any atom is -0.361 e. The fraction of sp³-hybridized carbons (Fsp3) is 0.263. The standard InChI is InChI=1S/C19H19N3O4/c1-4-16-18(25)22(12(3)24)17(19(26)21(16)11(2)23)9-13-10-20-15-8-6-5-7-14(13)15/h4-8,10,17,20H,9H2,1-3H3/b16-4-/t17-/m0/s1. The summed E-state index contributed by atoms with van der Waals surface area (Å²) in [5.74, 6) is -2.30. The zero-order valence-electron chi connectivity index (χ0n) is 14.8. The molecule has 1 aliphatic heterocycles. The molecule has 7 nitrogen and oxygen atoms in total. The Morgan fingerprint density at radius 1 is 1.15 bits per heavy atom. The normalized spacial score (nSPS) is 19.5. The van der Waals surface area contributed by atoms with Gasteiger partial charge in [0, 0.05) is 37.4 Å². The monoisotopic (exact) mass is 353 g/mol. The SMILES string of the molecule is C/C=C1/C(=O)N(C(C)=O)[C@@H](Cc2c[nH]c3ccccc23)C(=O)N1C(C)=O. The number of carbonyl (C=O) groups is 4. The molecule has 0 spiro atoms.